The molecule has 1 aromatic rings. The SMILES string of the molecule is COCC(C)NC(=O)NC(Cc1cnc[nH]1)C(=O)O. The van der Waals surface area contributed by atoms with Crippen molar-refractivity contribution in [2.45, 2.75) is 25.4 Å². The second-order valence-corrected chi connectivity index (χ2v) is 4.15. The summed E-state index contributed by atoms with van der Waals surface area (Å²) in [5, 5.41) is 14.0. The van der Waals surface area contributed by atoms with Crippen LogP contribution in [0, 0.1) is 0 Å². The number of carbonyl (C=O) groups is 2. The van der Waals surface area contributed by atoms with Gasteiger partial charge < -0.3 is 25.5 Å². The van der Waals surface area contributed by atoms with Crippen LogP contribution in [0.25, 0.3) is 0 Å². The van der Waals surface area contributed by atoms with Gasteiger partial charge in [-0.1, -0.05) is 0 Å². The van der Waals surface area contributed by atoms with Gasteiger partial charge in [-0.05, 0) is 6.92 Å². The summed E-state index contributed by atoms with van der Waals surface area (Å²) in [6, 6.07) is -1.77. The molecule has 1 rings (SSSR count). The van der Waals surface area contributed by atoms with E-state index in [0.717, 1.165) is 0 Å². The van der Waals surface area contributed by atoms with E-state index in [1.165, 1.54) is 19.6 Å². The van der Waals surface area contributed by atoms with Crippen molar-refractivity contribution in [3.05, 3.63) is 18.2 Å². The first-order valence-electron chi connectivity index (χ1n) is 5.79. The van der Waals surface area contributed by atoms with Crippen molar-refractivity contribution in [1.29, 1.82) is 0 Å². The number of carboxylic acids is 1. The second-order valence-electron chi connectivity index (χ2n) is 4.15. The Morgan fingerprint density at radius 1 is 1.53 bits per heavy atom. The average Bonchev–Trinajstić information content (AvgIpc) is 2.80. The molecule has 0 saturated carbocycles. The first-order valence-corrected chi connectivity index (χ1v) is 5.79. The zero-order valence-corrected chi connectivity index (χ0v) is 10.8. The molecule has 0 aliphatic rings. The lowest BCUT2D eigenvalue weighted by Crippen LogP contribution is -2.50. The molecule has 0 saturated heterocycles. The van der Waals surface area contributed by atoms with Gasteiger partial charge in [0.05, 0.1) is 19.0 Å². The van der Waals surface area contributed by atoms with Gasteiger partial charge in [-0.2, -0.15) is 0 Å². The van der Waals surface area contributed by atoms with Crippen LogP contribution in [0.3, 0.4) is 0 Å². The fraction of sp³-hybridized carbons (Fsp3) is 0.545. The Morgan fingerprint density at radius 3 is 2.79 bits per heavy atom. The topological polar surface area (TPSA) is 116 Å². The van der Waals surface area contributed by atoms with Crippen molar-refractivity contribution >= 4 is 12.0 Å². The van der Waals surface area contributed by atoms with E-state index in [0.29, 0.717) is 12.3 Å². The minimum Gasteiger partial charge on any atom is -0.480 e. The standard InChI is InChI=1S/C11H18N4O4/c1-7(5-19-2)14-11(18)15-9(10(16)17)3-8-4-12-6-13-8/h4,6-7,9H,3,5H2,1-2H3,(H,12,13)(H,16,17)(H2,14,15,18). The van der Waals surface area contributed by atoms with Gasteiger partial charge in [-0.3, -0.25) is 0 Å². The van der Waals surface area contributed by atoms with E-state index in [1.807, 2.05) is 0 Å². The maximum Gasteiger partial charge on any atom is 0.326 e. The molecule has 106 valence electrons. The zero-order valence-electron chi connectivity index (χ0n) is 10.8. The van der Waals surface area contributed by atoms with Gasteiger partial charge in [0.25, 0.3) is 0 Å². The lowest BCUT2D eigenvalue weighted by Gasteiger charge is -2.17. The quantitative estimate of drug-likeness (QED) is 0.544. The Labute approximate surface area is 110 Å². The van der Waals surface area contributed by atoms with Gasteiger partial charge in [0.15, 0.2) is 0 Å². The molecule has 1 heterocycles. The Morgan fingerprint density at radius 2 is 2.26 bits per heavy atom. The van der Waals surface area contributed by atoms with Gasteiger partial charge in [0, 0.05) is 25.4 Å². The molecule has 0 bridgehead atoms. The number of aromatic nitrogens is 2. The number of aliphatic carboxylic acids is 1. The van der Waals surface area contributed by atoms with Crippen molar-refractivity contribution < 1.29 is 19.4 Å². The normalized spacial score (nSPS) is 13.6. The van der Waals surface area contributed by atoms with Gasteiger partial charge in [-0.15, -0.1) is 0 Å². The van der Waals surface area contributed by atoms with Crippen LogP contribution in [0.1, 0.15) is 12.6 Å². The van der Waals surface area contributed by atoms with E-state index in [9.17, 15) is 9.59 Å². The number of nitrogens with one attached hydrogen (secondary N) is 3. The smallest absolute Gasteiger partial charge is 0.326 e. The summed E-state index contributed by atoms with van der Waals surface area (Å²) in [4.78, 5) is 29.3. The highest BCUT2D eigenvalue weighted by Crippen LogP contribution is 1.99. The third kappa shape index (κ3) is 5.38. The number of amides is 2. The van der Waals surface area contributed by atoms with Crippen molar-refractivity contribution in [1.82, 2.24) is 20.6 Å². The van der Waals surface area contributed by atoms with Crippen LogP contribution in [-0.4, -0.2) is 52.9 Å². The summed E-state index contributed by atoms with van der Waals surface area (Å²) >= 11 is 0. The predicted molar refractivity (Wildman–Crippen MR) is 66.7 cm³/mol. The highest BCUT2D eigenvalue weighted by molar-refractivity contribution is 5.82. The largest absolute Gasteiger partial charge is 0.480 e. The number of hydrogen-bond acceptors (Lipinski definition) is 4. The third-order valence-corrected chi connectivity index (χ3v) is 2.38. The van der Waals surface area contributed by atoms with Crippen LogP contribution < -0.4 is 10.6 Å². The van der Waals surface area contributed by atoms with Gasteiger partial charge in [0.1, 0.15) is 6.04 Å². The van der Waals surface area contributed by atoms with Crippen LogP contribution >= 0.6 is 0 Å². The number of carbonyl (C=O) groups excluding carboxylic acids is 1. The molecule has 0 fully saturated rings. The van der Waals surface area contributed by atoms with Crippen LogP contribution in [0.5, 0.6) is 0 Å². The summed E-state index contributed by atoms with van der Waals surface area (Å²) in [6.45, 7) is 2.11. The van der Waals surface area contributed by atoms with Crippen LogP contribution in [0.2, 0.25) is 0 Å². The Balaban J connectivity index is 2.49. The highest BCUT2D eigenvalue weighted by Gasteiger charge is 2.21. The highest BCUT2D eigenvalue weighted by atomic mass is 16.5. The molecule has 8 heteroatoms. The first-order chi connectivity index (χ1) is 9.02. The maximum absolute atomic E-state index is 11.6. The minimum atomic E-state index is -1.11. The molecule has 2 amide bonds. The van der Waals surface area contributed by atoms with Crippen molar-refractivity contribution in [3.63, 3.8) is 0 Å². The fourth-order valence-electron chi connectivity index (χ4n) is 1.53. The third-order valence-electron chi connectivity index (χ3n) is 2.38. The van der Waals surface area contributed by atoms with E-state index in [2.05, 4.69) is 20.6 Å². The number of ether oxygens (including phenoxy) is 1. The number of hydrogen-bond donors (Lipinski definition) is 4. The molecule has 19 heavy (non-hydrogen) atoms. The number of nitrogens with zero attached hydrogens (tertiary/aromatic N) is 1. The number of urea groups is 1. The van der Waals surface area contributed by atoms with Crippen molar-refractivity contribution in [2.75, 3.05) is 13.7 Å². The summed E-state index contributed by atoms with van der Waals surface area (Å²) in [7, 11) is 1.52. The molecule has 0 aliphatic carbocycles. The second kappa shape index (κ2) is 7.37. The lowest BCUT2D eigenvalue weighted by molar-refractivity contribution is -0.139. The van der Waals surface area contributed by atoms with E-state index in [4.69, 9.17) is 9.84 Å². The number of H-pyrrole nitrogens is 1. The van der Waals surface area contributed by atoms with E-state index >= 15 is 0 Å². The Hall–Kier alpha value is -2.09. The molecule has 0 spiro atoms. The van der Waals surface area contributed by atoms with Crippen LogP contribution in [0.4, 0.5) is 4.79 Å². The van der Waals surface area contributed by atoms with Crippen LogP contribution in [-0.2, 0) is 16.0 Å². The molecule has 1 aromatic heterocycles. The molecule has 2 unspecified atom stereocenters. The van der Waals surface area contributed by atoms with E-state index in [-0.39, 0.29) is 12.5 Å². The van der Waals surface area contributed by atoms with Gasteiger partial charge >= 0.3 is 12.0 Å². The lowest BCUT2D eigenvalue weighted by atomic mass is 10.1. The molecular weight excluding hydrogens is 252 g/mol. The Bertz CT molecular complexity index is 407. The molecule has 0 aromatic carbocycles. The fourth-order valence-corrected chi connectivity index (χ4v) is 1.53. The van der Waals surface area contributed by atoms with Crippen LogP contribution in [0.15, 0.2) is 12.5 Å². The molecule has 8 nitrogen and oxygen atoms in total. The first kappa shape index (κ1) is 15.0. The van der Waals surface area contributed by atoms with Crippen molar-refractivity contribution in [2.24, 2.45) is 0 Å². The zero-order chi connectivity index (χ0) is 14.3. The van der Waals surface area contributed by atoms with E-state index in [1.54, 1.807) is 6.92 Å². The maximum atomic E-state index is 11.6. The summed E-state index contributed by atoms with van der Waals surface area (Å²) in [5.41, 5.74) is 0.637. The van der Waals surface area contributed by atoms with Gasteiger partial charge in [0.2, 0.25) is 0 Å². The molecule has 4 N–H and O–H groups in total. The average molecular weight is 270 g/mol. The monoisotopic (exact) mass is 270 g/mol. The number of rotatable bonds is 7. The predicted octanol–water partition coefficient (Wildman–Crippen LogP) is -0.260. The molecule has 0 radical (unpaired) electrons. The summed E-state index contributed by atoms with van der Waals surface area (Å²) in [5.74, 6) is -1.11. The minimum absolute atomic E-state index is 0.140. The number of carboxylic acid groups (broad SMARTS) is 1. The molecular formula is C11H18N4O4. The number of aromatic amines is 1. The van der Waals surface area contributed by atoms with Crippen molar-refractivity contribution in [3.8, 4) is 0 Å². The summed E-state index contributed by atoms with van der Waals surface area (Å²) in [6.07, 6.45) is 3.11. The molecule has 2 atom stereocenters. The summed E-state index contributed by atoms with van der Waals surface area (Å²) < 4.78 is 4.87. The molecule has 0 aliphatic heterocycles. The number of methoxy groups -OCH3 is 1. The Kier molecular flexibility index (Phi) is 5.80. The van der Waals surface area contributed by atoms with E-state index < -0.39 is 18.0 Å². The van der Waals surface area contributed by atoms with Gasteiger partial charge in [-0.25, -0.2) is 14.6 Å². The number of imidazole rings is 1.